The standard InChI is InChI=1S/C11H14N2O/c1-5-10(14)6-7-11-8(2)12-13(4)9(11)3/h1H,6-7H2,2-4H3. The van der Waals surface area contributed by atoms with E-state index in [2.05, 4.69) is 11.0 Å². The maximum atomic E-state index is 11.0. The molecule has 3 nitrogen and oxygen atoms in total. The van der Waals surface area contributed by atoms with Crippen molar-refractivity contribution in [3.8, 4) is 12.3 Å². The second-order valence-corrected chi connectivity index (χ2v) is 3.34. The quantitative estimate of drug-likeness (QED) is 0.529. The zero-order valence-corrected chi connectivity index (χ0v) is 8.79. The molecule has 1 heterocycles. The smallest absolute Gasteiger partial charge is 0.205 e. The molecule has 1 rings (SSSR count). The molecule has 0 spiro atoms. The lowest BCUT2D eigenvalue weighted by atomic mass is 10.1. The van der Waals surface area contributed by atoms with E-state index < -0.39 is 0 Å². The van der Waals surface area contributed by atoms with E-state index >= 15 is 0 Å². The molecule has 0 fully saturated rings. The first-order chi connectivity index (χ1) is 6.56. The molecule has 0 saturated carbocycles. The fourth-order valence-electron chi connectivity index (χ4n) is 1.49. The number of rotatable bonds is 3. The highest BCUT2D eigenvalue weighted by Crippen LogP contribution is 2.13. The molecule has 1 aromatic rings. The fraction of sp³-hybridized carbons (Fsp3) is 0.455. The van der Waals surface area contributed by atoms with E-state index in [1.807, 2.05) is 25.6 Å². The Morgan fingerprint density at radius 1 is 1.57 bits per heavy atom. The van der Waals surface area contributed by atoms with Crippen molar-refractivity contribution in [2.24, 2.45) is 7.05 Å². The number of aromatic nitrogens is 2. The van der Waals surface area contributed by atoms with Crippen LogP contribution in [0.4, 0.5) is 0 Å². The van der Waals surface area contributed by atoms with Gasteiger partial charge in [0.1, 0.15) is 0 Å². The van der Waals surface area contributed by atoms with Crippen molar-refractivity contribution in [3.05, 3.63) is 17.0 Å². The lowest BCUT2D eigenvalue weighted by Gasteiger charge is -1.98. The highest BCUT2D eigenvalue weighted by Gasteiger charge is 2.09. The van der Waals surface area contributed by atoms with Gasteiger partial charge in [0, 0.05) is 19.2 Å². The minimum Gasteiger partial charge on any atom is -0.285 e. The van der Waals surface area contributed by atoms with Crippen LogP contribution in [-0.2, 0) is 18.3 Å². The summed E-state index contributed by atoms with van der Waals surface area (Å²) >= 11 is 0. The zero-order chi connectivity index (χ0) is 10.7. The number of ketones is 1. The highest BCUT2D eigenvalue weighted by atomic mass is 16.1. The van der Waals surface area contributed by atoms with Crippen LogP contribution >= 0.6 is 0 Å². The van der Waals surface area contributed by atoms with Gasteiger partial charge in [-0.1, -0.05) is 0 Å². The summed E-state index contributed by atoms with van der Waals surface area (Å²) in [5, 5.41) is 4.27. The minimum atomic E-state index is -0.146. The summed E-state index contributed by atoms with van der Waals surface area (Å²) in [5.41, 5.74) is 3.22. The lowest BCUT2D eigenvalue weighted by molar-refractivity contribution is -0.113. The molecule has 0 aliphatic rings. The van der Waals surface area contributed by atoms with Crippen LogP contribution in [0, 0.1) is 26.2 Å². The van der Waals surface area contributed by atoms with Gasteiger partial charge in [-0.15, -0.1) is 6.42 Å². The van der Waals surface area contributed by atoms with E-state index in [-0.39, 0.29) is 5.78 Å². The van der Waals surface area contributed by atoms with Crippen molar-refractivity contribution in [3.63, 3.8) is 0 Å². The van der Waals surface area contributed by atoms with Gasteiger partial charge in [0.05, 0.1) is 5.69 Å². The van der Waals surface area contributed by atoms with Gasteiger partial charge in [-0.25, -0.2) is 0 Å². The first-order valence-electron chi connectivity index (χ1n) is 4.54. The third-order valence-electron chi connectivity index (χ3n) is 2.42. The van der Waals surface area contributed by atoms with E-state index in [4.69, 9.17) is 6.42 Å². The van der Waals surface area contributed by atoms with Crippen LogP contribution in [0.5, 0.6) is 0 Å². The molecule has 3 heteroatoms. The van der Waals surface area contributed by atoms with Crippen LogP contribution in [0.1, 0.15) is 23.4 Å². The number of hydrogen-bond donors (Lipinski definition) is 0. The van der Waals surface area contributed by atoms with Crippen molar-refractivity contribution in [2.45, 2.75) is 26.7 Å². The first-order valence-corrected chi connectivity index (χ1v) is 4.54. The van der Waals surface area contributed by atoms with Crippen LogP contribution in [0.15, 0.2) is 0 Å². The predicted octanol–water partition coefficient (Wildman–Crippen LogP) is 1.17. The number of aryl methyl sites for hydroxylation is 2. The zero-order valence-electron chi connectivity index (χ0n) is 8.79. The fourth-order valence-corrected chi connectivity index (χ4v) is 1.49. The molecule has 0 radical (unpaired) electrons. The normalized spacial score (nSPS) is 9.86. The Morgan fingerprint density at radius 3 is 2.64 bits per heavy atom. The Hall–Kier alpha value is -1.56. The molecule has 0 aliphatic carbocycles. The molecular weight excluding hydrogens is 176 g/mol. The molecular formula is C11H14N2O. The van der Waals surface area contributed by atoms with Crippen molar-refractivity contribution >= 4 is 5.78 Å². The number of carbonyl (C=O) groups is 1. The monoisotopic (exact) mass is 190 g/mol. The minimum absolute atomic E-state index is 0.146. The molecule has 0 N–H and O–H groups in total. The van der Waals surface area contributed by atoms with E-state index in [0.29, 0.717) is 12.8 Å². The second-order valence-electron chi connectivity index (χ2n) is 3.34. The third-order valence-corrected chi connectivity index (χ3v) is 2.42. The van der Waals surface area contributed by atoms with Crippen molar-refractivity contribution in [1.82, 2.24) is 9.78 Å². The molecule has 0 saturated heterocycles. The van der Waals surface area contributed by atoms with Crippen LogP contribution in [0.2, 0.25) is 0 Å². The summed E-state index contributed by atoms with van der Waals surface area (Å²) in [6.07, 6.45) is 6.09. The summed E-state index contributed by atoms with van der Waals surface area (Å²) in [5.74, 6) is 1.97. The summed E-state index contributed by atoms with van der Waals surface area (Å²) < 4.78 is 1.82. The average Bonchev–Trinajstić information content (AvgIpc) is 2.39. The second kappa shape index (κ2) is 4.10. The van der Waals surface area contributed by atoms with Gasteiger partial charge >= 0.3 is 0 Å². The Labute approximate surface area is 84.1 Å². The Balaban J connectivity index is 2.78. The Kier molecular flexibility index (Phi) is 3.08. The van der Waals surface area contributed by atoms with Gasteiger partial charge < -0.3 is 0 Å². The Morgan fingerprint density at radius 2 is 2.21 bits per heavy atom. The molecule has 1 aromatic heterocycles. The number of hydrogen-bond acceptors (Lipinski definition) is 2. The summed E-state index contributed by atoms with van der Waals surface area (Å²) in [6.45, 7) is 3.94. The van der Waals surface area contributed by atoms with Gasteiger partial charge in [-0.05, 0) is 31.8 Å². The molecule has 0 bridgehead atoms. The van der Waals surface area contributed by atoms with Crippen LogP contribution in [-0.4, -0.2) is 15.6 Å². The largest absolute Gasteiger partial charge is 0.285 e. The van der Waals surface area contributed by atoms with Crippen LogP contribution in [0.3, 0.4) is 0 Å². The van der Waals surface area contributed by atoms with Crippen LogP contribution < -0.4 is 0 Å². The maximum absolute atomic E-state index is 11.0. The van der Waals surface area contributed by atoms with Gasteiger partial charge in [0.2, 0.25) is 5.78 Å². The van der Waals surface area contributed by atoms with Gasteiger partial charge in [-0.3, -0.25) is 9.48 Å². The van der Waals surface area contributed by atoms with E-state index in [0.717, 1.165) is 17.0 Å². The number of Topliss-reactive ketones (excluding diaryl/α,β-unsaturated/α-hetero) is 1. The van der Waals surface area contributed by atoms with Gasteiger partial charge in [0.25, 0.3) is 0 Å². The van der Waals surface area contributed by atoms with Crippen molar-refractivity contribution in [1.29, 1.82) is 0 Å². The van der Waals surface area contributed by atoms with E-state index in [9.17, 15) is 4.79 Å². The average molecular weight is 190 g/mol. The SMILES string of the molecule is C#CC(=O)CCc1c(C)nn(C)c1C. The predicted molar refractivity (Wildman–Crippen MR) is 54.8 cm³/mol. The summed E-state index contributed by atoms with van der Waals surface area (Å²) in [4.78, 5) is 11.0. The van der Waals surface area contributed by atoms with Crippen molar-refractivity contribution in [2.75, 3.05) is 0 Å². The number of carbonyl (C=O) groups excluding carboxylic acids is 1. The summed E-state index contributed by atoms with van der Waals surface area (Å²) in [7, 11) is 1.90. The number of nitrogens with zero attached hydrogens (tertiary/aromatic N) is 2. The van der Waals surface area contributed by atoms with E-state index in [1.54, 1.807) is 0 Å². The molecule has 0 aromatic carbocycles. The molecule has 14 heavy (non-hydrogen) atoms. The third kappa shape index (κ3) is 2.02. The molecule has 0 unspecified atom stereocenters. The van der Waals surface area contributed by atoms with Gasteiger partial charge in [0.15, 0.2) is 0 Å². The van der Waals surface area contributed by atoms with Crippen molar-refractivity contribution < 1.29 is 4.79 Å². The molecule has 0 atom stereocenters. The maximum Gasteiger partial charge on any atom is 0.205 e. The van der Waals surface area contributed by atoms with Gasteiger partial charge in [-0.2, -0.15) is 5.10 Å². The van der Waals surface area contributed by atoms with E-state index in [1.165, 1.54) is 0 Å². The van der Waals surface area contributed by atoms with Crippen LogP contribution in [0.25, 0.3) is 0 Å². The summed E-state index contributed by atoms with van der Waals surface area (Å²) in [6, 6.07) is 0. The lowest BCUT2D eigenvalue weighted by Crippen LogP contribution is -1.99. The number of terminal acetylenes is 1. The topological polar surface area (TPSA) is 34.9 Å². The molecule has 0 aliphatic heterocycles. The highest BCUT2D eigenvalue weighted by molar-refractivity contribution is 5.94. The first kappa shape index (κ1) is 10.5. The molecule has 0 amide bonds. The molecule has 74 valence electrons. The Bertz CT molecular complexity index is 396.